The molecule has 1 N–H and O–H groups in total. The first-order valence-electron chi connectivity index (χ1n) is 9.13. The minimum absolute atomic E-state index is 0.0925. The monoisotopic (exact) mass is 363 g/mol. The molecule has 3 rings (SSSR count). The van der Waals surface area contributed by atoms with Crippen LogP contribution in [0.3, 0.4) is 0 Å². The number of rotatable bonds is 4. The quantitative estimate of drug-likeness (QED) is 0.882. The summed E-state index contributed by atoms with van der Waals surface area (Å²) in [6.45, 7) is 4.51. The molecular weight excluding hydrogens is 337 g/mol. The molecule has 1 aromatic rings. The Balaban J connectivity index is 1.56. The second-order valence-corrected chi connectivity index (χ2v) is 6.92. The Labute approximate surface area is 153 Å². The molecule has 0 unspecified atom stereocenters. The minimum Gasteiger partial charge on any atom is -0.378 e. The maximum absolute atomic E-state index is 13.9. The lowest BCUT2D eigenvalue weighted by Gasteiger charge is -2.29. The van der Waals surface area contributed by atoms with E-state index < -0.39 is 6.17 Å². The van der Waals surface area contributed by atoms with Gasteiger partial charge in [0, 0.05) is 26.1 Å². The molecule has 2 saturated heterocycles. The molecule has 2 fully saturated rings. The molecule has 0 bridgehead atoms. The van der Waals surface area contributed by atoms with Gasteiger partial charge in [0.15, 0.2) is 0 Å². The van der Waals surface area contributed by atoms with Crippen LogP contribution in [0, 0.1) is 6.92 Å². The topological polar surface area (TPSA) is 61.9 Å². The summed E-state index contributed by atoms with van der Waals surface area (Å²) in [5.41, 5.74) is 2.00. The number of hydrogen-bond acceptors (Lipinski definition) is 3. The van der Waals surface area contributed by atoms with Gasteiger partial charge in [0.25, 0.3) is 0 Å². The molecule has 0 saturated carbocycles. The van der Waals surface area contributed by atoms with Gasteiger partial charge in [0.05, 0.1) is 32.2 Å². The molecule has 3 amide bonds. The molecule has 26 heavy (non-hydrogen) atoms. The van der Waals surface area contributed by atoms with Crippen LogP contribution in [0.5, 0.6) is 0 Å². The minimum atomic E-state index is -1.04. The third kappa shape index (κ3) is 4.52. The van der Waals surface area contributed by atoms with Crippen molar-refractivity contribution in [3.8, 4) is 0 Å². The van der Waals surface area contributed by atoms with E-state index in [1.807, 2.05) is 31.2 Å². The van der Waals surface area contributed by atoms with Crippen molar-refractivity contribution in [3.63, 3.8) is 0 Å². The molecular formula is C19H26FN3O3. The molecule has 2 aliphatic rings. The number of nitrogens with zero attached hydrogens (tertiary/aromatic N) is 2. The predicted octanol–water partition coefficient (Wildman–Crippen LogP) is 1.52. The lowest BCUT2D eigenvalue weighted by atomic mass is 10.1. The Morgan fingerprint density at radius 2 is 2.00 bits per heavy atom. The first-order valence-corrected chi connectivity index (χ1v) is 9.13. The van der Waals surface area contributed by atoms with E-state index in [1.54, 1.807) is 9.80 Å². The number of aryl methyl sites for hydroxylation is 1. The molecule has 142 valence electrons. The Hall–Kier alpha value is -2.15. The fraction of sp³-hybridized carbons (Fsp3) is 0.579. The number of carbonyl (C=O) groups is 2. The average molecular weight is 363 g/mol. The number of ether oxygens (including phenoxy) is 1. The number of morpholine rings is 1. The summed E-state index contributed by atoms with van der Waals surface area (Å²) < 4.78 is 19.2. The Morgan fingerprint density at radius 1 is 1.27 bits per heavy atom. The predicted molar refractivity (Wildman–Crippen MR) is 95.7 cm³/mol. The molecule has 1 aromatic carbocycles. The number of benzene rings is 1. The van der Waals surface area contributed by atoms with Gasteiger partial charge in [-0.1, -0.05) is 24.3 Å². The molecule has 2 heterocycles. The van der Waals surface area contributed by atoms with Gasteiger partial charge in [0.1, 0.15) is 6.17 Å². The first-order chi connectivity index (χ1) is 12.5. The summed E-state index contributed by atoms with van der Waals surface area (Å²) in [4.78, 5) is 28.2. The van der Waals surface area contributed by atoms with Gasteiger partial charge < -0.3 is 19.9 Å². The lowest BCUT2D eigenvalue weighted by Crippen LogP contribution is -2.50. The number of urea groups is 1. The number of halogens is 1. The zero-order chi connectivity index (χ0) is 18.5. The van der Waals surface area contributed by atoms with Crippen LogP contribution in [-0.2, 0) is 16.0 Å². The summed E-state index contributed by atoms with van der Waals surface area (Å²) in [5.74, 6) is -0.0925. The van der Waals surface area contributed by atoms with E-state index >= 15 is 0 Å². The molecule has 0 radical (unpaired) electrons. The molecule has 0 spiro atoms. The molecule has 6 nitrogen and oxygen atoms in total. The SMILES string of the molecule is Cc1ccccc1CC(=O)N1C[C@@H](F)C[C@H]1CNC(=O)N1CCOCC1. The van der Waals surface area contributed by atoms with Crippen LogP contribution in [0.4, 0.5) is 9.18 Å². The normalized spacial score (nSPS) is 23.2. The second-order valence-electron chi connectivity index (χ2n) is 6.92. The molecule has 0 aliphatic carbocycles. The van der Waals surface area contributed by atoms with Crippen LogP contribution >= 0.6 is 0 Å². The Bertz CT molecular complexity index is 649. The van der Waals surface area contributed by atoms with E-state index in [4.69, 9.17) is 4.74 Å². The number of likely N-dealkylation sites (tertiary alicyclic amines) is 1. The standard InChI is InChI=1S/C19H26FN3O3/c1-14-4-2-3-5-15(14)10-18(24)23-13-16(20)11-17(23)12-21-19(25)22-6-8-26-9-7-22/h2-5,16-17H,6-13H2,1H3,(H,21,25)/t16-,17-/m0/s1. The van der Waals surface area contributed by atoms with E-state index in [0.29, 0.717) is 26.3 Å². The van der Waals surface area contributed by atoms with Gasteiger partial charge in [-0.3, -0.25) is 4.79 Å². The summed E-state index contributed by atoms with van der Waals surface area (Å²) in [6.07, 6.45) is -0.517. The van der Waals surface area contributed by atoms with Crippen LogP contribution in [-0.4, -0.2) is 73.3 Å². The van der Waals surface area contributed by atoms with Crippen molar-refractivity contribution in [2.75, 3.05) is 39.4 Å². The third-order valence-electron chi connectivity index (χ3n) is 5.07. The largest absolute Gasteiger partial charge is 0.378 e. The van der Waals surface area contributed by atoms with E-state index in [2.05, 4.69) is 5.32 Å². The molecule has 0 aromatic heterocycles. The number of amides is 3. The fourth-order valence-electron chi connectivity index (χ4n) is 3.51. The summed E-state index contributed by atoms with van der Waals surface area (Å²) in [5, 5.41) is 2.85. The maximum atomic E-state index is 13.9. The van der Waals surface area contributed by atoms with Gasteiger partial charge in [0.2, 0.25) is 5.91 Å². The number of alkyl halides is 1. The summed E-state index contributed by atoms with van der Waals surface area (Å²) in [7, 11) is 0. The Kier molecular flexibility index (Phi) is 6.08. The smallest absolute Gasteiger partial charge is 0.317 e. The van der Waals surface area contributed by atoms with Gasteiger partial charge in [-0.15, -0.1) is 0 Å². The van der Waals surface area contributed by atoms with Crippen molar-refractivity contribution in [1.29, 1.82) is 0 Å². The zero-order valence-electron chi connectivity index (χ0n) is 15.1. The van der Waals surface area contributed by atoms with Crippen molar-refractivity contribution in [1.82, 2.24) is 15.1 Å². The highest BCUT2D eigenvalue weighted by molar-refractivity contribution is 5.80. The van der Waals surface area contributed by atoms with Crippen molar-refractivity contribution >= 4 is 11.9 Å². The Morgan fingerprint density at radius 3 is 2.73 bits per heavy atom. The number of hydrogen-bond donors (Lipinski definition) is 1. The highest BCUT2D eigenvalue weighted by atomic mass is 19.1. The van der Waals surface area contributed by atoms with Gasteiger partial charge >= 0.3 is 6.03 Å². The zero-order valence-corrected chi connectivity index (χ0v) is 15.1. The van der Waals surface area contributed by atoms with Crippen LogP contribution in [0.15, 0.2) is 24.3 Å². The van der Waals surface area contributed by atoms with E-state index in [-0.39, 0.29) is 43.9 Å². The number of nitrogens with one attached hydrogen (secondary N) is 1. The van der Waals surface area contributed by atoms with E-state index in [9.17, 15) is 14.0 Å². The molecule has 2 atom stereocenters. The van der Waals surface area contributed by atoms with Crippen LogP contribution in [0.2, 0.25) is 0 Å². The highest BCUT2D eigenvalue weighted by Crippen LogP contribution is 2.22. The second kappa shape index (κ2) is 8.49. The van der Waals surface area contributed by atoms with Crippen molar-refractivity contribution in [2.24, 2.45) is 0 Å². The van der Waals surface area contributed by atoms with Crippen molar-refractivity contribution in [2.45, 2.75) is 32.0 Å². The van der Waals surface area contributed by atoms with Gasteiger partial charge in [-0.2, -0.15) is 0 Å². The third-order valence-corrected chi connectivity index (χ3v) is 5.07. The van der Waals surface area contributed by atoms with E-state index in [1.165, 1.54) is 0 Å². The van der Waals surface area contributed by atoms with Crippen molar-refractivity contribution in [3.05, 3.63) is 35.4 Å². The lowest BCUT2D eigenvalue weighted by molar-refractivity contribution is -0.131. The van der Waals surface area contributed by atoms with Crippen LogP contribution in [0.25, 0.3) is 0 Å². The number of carbonyl (C=O) groups excluding carboxylic acids is 2. The summed E-state index contributed by atoms with van der Waals surface area (Å²) >= 11 is 0. The summed E-state index contributed by atoms with van der Waals surface area (Å²) in [6, 6.07) is 7.24. The maximum Gasteiger partial charge on any atom is 0.317 e. The van der Waals surface area contributed by atoms with Crippen LogP contribution < -0.4 is 5.32 Å². The molecule has 2 aliphatic heterocycles. The van der Waals surface area contributed by atoms with Gasteiger partial charge in [-0.25, -0.2) is 9.18 Å². The first kappa shape index (κ1) is 18.6. The fourth-order valence-corrected chi connectivity index (χ4v) is 3.51. The van der Waals surface area contributed by atoms with E-state index in [0.717, 1.165) is 11.1 Å². The van der Waals surface area contributed by atoms with Crippen LogP contribution in [0.1, 0.15) is 17.5 Å². The van der Waals surface area contributed by atoms with Crippen molar-refractivity contribution < 1.29 is 18.7 Å². The average Bonchev–Trinajstić information content (AvgIpc) is 3.03. The van der Waals surface area contributed by atoms with Gasteiger partial charge in [-0.05, 0) is 18.1 Å². The molecule has 7 heteroatoms. The highest BCUT2D eigenvalue weighted by Gasteiger charge is 2.35.